The zero-order chi connectivity index (χ0) is 25.5. The van der Waals surface area contributed by atoms with Gasteiger partial charge < -0.3 is 19.7 Å². The Morgan fingerprint density at radius 2 is 1.83 bits per heavy atom. The molecule has 9 heteroatoms. The van der Waals surface area contributed by atoms with Crippen LogP contribution in [0.3, 0.4) is 0 Å². The van der Waals surface area contributed by atoms with Gasteiger partial charge in [-0.05, 0) is 43.8 Å². The topological polar surface area (TPSA) is 97.0 Å². The minimum atomic E-state index is -0.822. The maximum Gasteiger partial charge on any atom is 0.308 e. The van der Waals surface area contributed by atoms with Crippen molar-refractivity contribution in [1.82, 2.24) is 15.5 Å². The van der Waals surface area contributed by atoms with Gasteiger partial charge in [0.15, 0.2) is 5.11 Å². The summed E-state index contributed by atoms with van der Waals surface area (Å²) in [7, 11) is 0. The van der Waals surface area contributed by atoms with Crippen LogP contribution in [0.5, 0.6) is 5.75 Å². The van der Waals surface area contributed by atoms with Crippen LogP contribution in [0.25, 0.3) is 0 Å². The number of esters is 1. The van der Waals surface area contributed by atoms with Gasteiger partial charge in [0.1, 0.15) is 11.8 Å². The Labute approximate surface area is 214 Å². The van der Waals surface area contributed by atoms with Gasteiger partial charge in [0.2, 0.25) is 5.91 Å². The van der Waals surface area contributed by atoms with E-state index < -0.39 is 17.9 Å². The van der Waals surface area contributed by atoms with Crippen LogP contribution in [-0.2, 0) is 14.3 Å². The highest BCUT2D eigenvalue weighted by Crippen LogP contribution is 2.15. The Morgan fingerprint density at radius 1 is 1.11 bits per heavy atom. The molecule has 1 saturated heterocycles. The van der Waals surface area contributed by atoms with Gasteiger partial charge in [-0.25, -0.2) is 0 Å². The molecule has 2 amide bonds. The molecule has 35 heavy (non-hydrogen) atoms. The lowest BCUT2D eigenvalue weighted by Gasteiger charge is -2.36. The van der Waals surface area contributed by atoms with Gasteiger partial charge in [0.05, 0.1) is 19.6 Å². The van der Waals surface area contributed by atoms with Crippen molar-refractivity contribution in [2.75, 3.05) is 26.3 Å². The first-order valence-electron chi connectivity index (χ1n) is 12.7. The second-order valence-corrected chi connectivity index (χ2v) is 9.01. The number of amides is 2. The second-order valence-electron chi connectivity index (χ2n) is 8.62. The van der Waals surface area contributed by atoms with Gasteiger partial charge in [-0.1, -0.05) is 57.9 Å². The third-order valence-electron chi connectivity index (χ3n) is 5.84. The van der Waals surface area contributed by atoms with Gasteiger partial charge >= 0.3 is 5.97 Å². The normalized spacial score (nSPS) is 15.3. The van der Waals surface area contributed by atoms with E-state index >= 15 is 0 Å². The van der Waals surface area contributed by atoms with Crippen LogP contribution in [0, 0.1) is 0 Å². The van der Waals surface area contributed by atoms with Crippen LogP contribution in [-0.4, -0.2) is 60.1 Å². The summed E-state index contributed by atoms with van der Waals surface area (Å²) in [6.45, 7) is 5.67. The number of ether oxygens (including phenoxy) is 2. The molecule has 0 aromatic heterocycles. The largest absolute Gasteiger partial charge is 0.494 e. The molecule has 1 aromatic carbocycles. The van der Waals surface area contributed by atoms with Crippen molar-refractivity contribution in [3.63, 3.8) is 0 Å². The van der Waals surface area contributed by atoms with Crippen molar-refractivity contribution in [2.45, 2.75) is 77.7 Å². The molecule has 2 rings (SSSR count). The molecule has 1 heterocycles. The zero-order valence-electron chi connectivity index (χ0n) is 21.0. The van der Waals surface area contributed by atoms with Crippen molar-refractivity contribution in [3.8, 4) is 5.75 Å². The Bertz CT molecular complexity index is 848. The predicted molar refractivity (Wildman–Crippen MR) is 139 cm³/mol. The van der Waals surface area contributed by atoms with Gasteiger partial charge in [0, 0.05) is 18.7 Å². The number of rotatable bonds is 14. The molecule has 1 aromatic rings. The standard InChI is InChI=1S/C26H39N3O5S/c1-3-5-6-7-8-9-10-11-17-34-23(30)19-22-25(32)27-15-16-29(22)26(35)28-24(31)20-13-12-14-21(18-20)33-4-2/h12-14,18,22H,3-11,15-17,19H2,1-2H3,(H,27,32)(H,28,31,35). The Kier molecular flexibility index (Phi) is 13.1. The molecule has 0 spiro atoms. The minimum absolute atomic E-state index is 0.104. The molecular weight excluding hydrogens is 466 g/mol. The number of benzene rings is 1. The van der Waals surface area contributed by atoms with Crippen LogP contribution in [0.1, 0.15) is 82.0 Å². The second kappa shape index (κ2) is 16.1. The Morgan fingerprint density at radius 3 is 2.54 bits per heavy atom. The first kappa shape index (κ1) is 28.6. The minimum Gasteiger partial charge on any atom is -0.494 e. The number of carbonyl (C=O) groups is 3. The molecule has 0 bridgehead atoms. The van der Waals surface area contributed by atoms with E-state index in [1.807, 2.05) is 6.92 Å². The number of nitrogens with one attached hydrogen (secondary N) is 2. The first-order valence-corrected chi connectivity index (χ1v) is 13.1. The van der Waals surface area contributed by atoms with Crippen LogP contribution in [0.2, 0.25) is 0 Å². The van der Waals surface area contributed by atoms with Gasteiger partial charge in [-0.2, -0.15) is 0 Å². The number of piperazine rings is 1. The lowest BCUT2D eigenvalue weighted by Crippen LogP contribution is -2.60. The molecule has 1 aliphatic rings. The molecule has 8 nitrogen and oxygen atoms in total. The van der Waals surface area contributed by atoms with Crippen molar-refractivity contribution < 1.29 is 23.9 Å². The molecule has 1 atom stereocenters. The van der Waals surface area contributed by atoms with E-state index in [9.17, 15) is 14.4 Å². The number of carbonyl (C=O) groups excluding carboxylic acids is 3. The molecule has 194 valence electrons. The van der Waals surface area contributed by atoms with Gasteiger partial charge in [-0.15, -0.1) is 0 Å². The van der Waals surface area contributed by atoms with Gasteiger partial charge in [-0.3, -0.25) is 19.7 Å². The summed E-state index contributed by atoms with van der Waals surface area (Å²) >= 11 is 5.42. The summed E-state index contributed by atoms with van der Waals surface area (Å²) in [6.07, 6.45) is 9.14. The molecule has 2 N–H and O–H groups in total. The highest BCUT2D eigenvalue weighted by molar-refractivity contribution is 7.80. The fourth-order valence-corrected chi connectivity index (χ4v) is 4.25. The fraction of sp³-hybridized carbons (Fsp3) is 0.615. The first-order chi connectivity index (χ1) is 17.0. The van der Waals surface area contributed by atoms with E-state index in [1.54, 1.807) is 29.2 Å². The lowest BCUT2D eigenvalue weighted by atomic mass is 10.1. The number of hydrogen-bond donors (Lipinski definition) is 2. The van der Waals surface area contributed by atoms with Gasteiger partial charge in [0.25, 0.3) is 5.91 Å². The summed E-state index contributed by atoms with van der Waals surface area (Å²) in [5.74, 6) is -0.576. The maximum atomic E-state index is 12.7. The maximum absolute atomic E-state index is 12.7. The Balaban J connectivity index is 1.81. The Hall–Kier alpha value is -2.68. The van der Waals surface area contributed by atoms with Crippen LogP contribution < -0.4 is 15.4 Å². The van der Waals surface area contributed by atoms with E-state index in [4.69, 9.17) is 21.7 Å². The van der Waals surface area contributed by atoms with Crippen molar-refractivity contribution in [3.05, 3.63) is 29.8 Å². The third kappa shape index (κ3) is 10.2. The van der Waals surface area contributed by atoms with Crippen molar-refractivity contribution in [1.29, 1.82) is 0 Å². The highest BCUT2D eigenvalue weighted by Gasteiger charge is 2.34. The van der Waals surface area contributed by atoms with Crippen molar-refractivity contribution in [2.24, 2.45) is 0 Å². The molecule has 1 aliphatic heterocycles. The average Bonchev–Trinajstić information content (AvgIpc) is 2.84. The number of thiocarbonyl (C=S) groups is 1. The van der Waals surface area contributed by atoms with E-state index in [1.165, 1.54) is 32.1 Å². The number of unbranched alkanes of at least 4 members (excludes halogenated alkanes) is 7. The summed E-state index contributed by atoms with van der Waals surface area (Å²) in [5.41, 5.74) is 0.390. The molecule has 0 radical (unpaired) electrons. The summed E-state index contributed by atoms with van der Waals surface area (Å²) < 4.78 is 10.8. The SMILES string of the molecule is CCCCCCCCCCOC(=O)CC1C(=O)NCCN1C(=S)NC(=O)c1cccc(OCC)c1. The zero-order valence-corrected chi connectivity index (χ0v) is 21.8. The summed E-state index contributed by atoms with van der Waals surface area (Å²) in [6, 6.07) is 5.96. The molecular formula is C26H39N3O5S. The molecule has 1 fully saturated rings. The van der Waals surface area contributed by atoms with Crippen molar-refractivity contribution >= 4 is 35.1 Å². The predicted octanol–water partition coefficient (Wildman–Crippen LogP) is 3.97. The van der Waals surface area contributed by atoms with E-state index in [2.05, 4.69) is 17.6 Å². The lowest BCUT2D eigenvalue weighted by molar-refractivity contribution is -0.147. The highest BCUT2D eigenvalue weighted by atomic mass is 32.1. The molecule has 0 aliphatic carbocycles. The quantitative estimate of drug-likeness (QED) is 0.224. The summed E-state index contributed by atoms with van der Waals surface area (Å²) in [4.78, 5) is 39.2. The van der Waals surface area contributed by atoms with E-state index in [0.29, 0.717) is 37.6 Å². The third-order valence-corrected chi connectivity index (χ3v) is 6.18. The van der Waals surface area contributed by atoms with Crippen LogP contribution in [0.15, 0.2) is 24.3 Å². The van der Waals surface area contributed by atoms with Crippen LogP contribution in [0.4, 0.5) is 0 Å². The average molecular weight is 506 g/mol. The number of nitrogens with zero attached hydrogens (tertiary/aromatic N) is 1. The van der Waals surface area contributed by atoms with E-state index in [0.717, 1.165) is 19.3 Å². The fourth-order valence-electron chi connectivity index (χ4n) is 3.93. The molecule has 0 saturated carbocycles. The molecule has 1 unspecified atom stereocenters. The smallest absolute Gasteiger partial charge is 0.308 e. The van der Waals surface area contributed by atoms with Crippen LogP contribution >= 0.6 is 12.2 Å². The monoisotopic (exact) mass is 505 g/mol. The number of hydrogen-bond acceptors (Lipinski definition) is 6. The van der Waals surface area contributed by atoms with E-state index in [-0.39, 0.29) is 17.4 Å². The summed E-state index contributed by atoms with van der Waals surface area (Å²) in [5, 5.41) is 5.53.